The molecule has 0 radical (unpaired) electrons. The molecule has 0 bridgehead atoms. The number of hydrogen-bond donors (Lipinski definition) is 1. The molecule has 0 saturated heterocycles. The Labute approximate surface area is 250 Å². The van der Waals surface area contributed by atoms with E-state index < -0.39 is 0 Å². The molecular weight excluding hydrogens is 500 g/mol. The fraction of sp³-hybridized carbons (Fsp3) is 0.474. The average Bonchev–Trinajstić information content (AvgIpc) is 2.98. The van der Waals surface area contributed by atoms with Crippen molar-refractivity contribution >= 4 is 6.08 Å². The molecule has 0 unspecified atom stereocenters. The Balaban J connectivity index is 1.83. The zero-order valence-electron chi connectivity index (χ0n) is 26.1. The van der Waals surface area contributed by atoms with Gasteiger partial charge in [0.15, 0.2) is 0 Å². The lowest BCUT2D eigenvalue weighted by Gasteiger charge is -2.32. The molecule has 3 aromatic carbocycles. The molecule has 1 atom stereocenters. The van der Waals surface area contributed by atoms with Gasteiger partial charge in [0.25, 0.3) is 0 Å². The first-order chi connectivity index (χ1) is 20.0. The van der Waals surface area contributed by atoms with E-state index in [1.807, 2.05) is 0 Å². The maximum atomic E-state index is 6.53. The van der Waals surface area contributed by atoms with E-state index in [-0.39, 0.29) is 5.92 Å². The number of nitrogens with two attached hydrogens (primary N) is 1. The average molecular weight is 555 g/mol. The number of rotatable bonds is 19. The van der Waals surface area contributed by atoms with Crippen molar-refractivity contribution in [3.05, 3.63) is 107 Å². The van der Waals surface area contributed by atoms with Gasteiger partial charge in [0.1, 0.15) is 12.4 Å². The summed E-state index contributed by atoms with van der Waals surface area (Å²) in [6.07, 6.45) is 14.4. The zero-order valence-corrected chi connectivity index (χ0v) is 26.1. The number of allylic oxidation sites excluding steroid dienone is 1. The van der Waals surface area contributed by atoms with Crippen molar-refractivity contribution in [2.75, 3.05) is 13.1 Å². The van der Waals surface area contributed by atoms with Crippen LogP contribution in [0.3, 0.4) is 0 Å². The molecule has 0 aromatic heterocycles. The summed E-state index contributed by atoms with van der Waals surface area (Å²) >= 11 is 0. The minimum Gasteiger partial charge on any atom is -0.489 e. The van der Waals surface area contributed by atoms with Crippen LogP contribution in [0.25, 0.3) is 6.08 Å². The number of benzene rings is 3. The highest BCUT2D eigenvalue weighted by Gasteiger charge is 2.22. The van der Waals surface area contributed by atoms with Gasteiger partial charge in [-0.3, -0.25) is 4.90 Å². The van der Waals surface area contributed by atoms with Crippen LogP contribution in [0, 0.1) is 0 Å². The largest absolute Gasteiger partial charge is 0.489 e. The van der Waals surface area contributed by atoms with Crippen molar-refractivity contribution in [3.8, 4) is 5.75 Å². The fourth-order valence-corrected chi connectivity index (χ4v) is 5.72. The second kappa shape index (κ2) is 18.5. The second-order valence-electron chi connectivity index (χ2n) is 11.8. The predicted octanol–water partition coefficient (Wildman–Crippen LogP) is 9.61. The van der Waals surface area contributed by atoms with Gasteiger partial charge in [0, 0.05) is 23.6 Å². The normalized spacial score (nSPS) is 12.6. The molecule has 0 spiro atoms. The maximum Gasteiger partial charge on any atom is 0.123 e. The molecular formula is C38H54N2O. The zero-order chi connectivity index (χ0) is 29.3. The van der Waals surface area contributed by atoms with Crippen LogP contribution in [-0.4, -0.2) is 30.1 Å². The minimum absolute atomic E-state index is 0.254. The van der Waals surface area contributed by atoms with Crippen molar-refractivity contribution in [2.45, 2.75) is 104 Å². The van der Waals surface area contributed by atoms with Crippen LogP contribution >= 0.6 is 0 Å². The van der Waals surface area contributed by atoms with Gasteiger partial charge in [0.05, 0.1) is 0 Å². The molecule has 222 valence electrons. The van der Waals surface area contributed by atoms with Crippen LogP contribution in [-0.2, 0) is 6.61 Å². The molecule has 0 heterocycles. The fourth-order valence-electron chi connectivity index (χ4n) is 5.72. The molecule has 0 aliphatic rings. The smallest absolute Gasteiger partial charge is 0.123 e. The van der Waals surface area contributed by atoms with Gasteiger partial charge in [-0.15, -0.1) is 0 Å². The summed E-state index contributed by atoms with van der Waals surface area (Å²) < 4.78 is 6.53. The first-order valence-electron chi connectivity index (χ1n) is 16.0. The summed E-state index contributed by atoms with van der Waals surface area (Å²) in [5.74, 6) is 1.24. The topological polar surface area (TPSA) is 38.5 Å². The Morgan fingerprint density at radius 2 is 1.39 bits per heavy atom. The Morgan fingerprint density at radius 1 is 0.756 bits per heavy atom. The van der Waals surface area contributed by atoms with Gasteiger partial charge in [-0.2, -0.15) is 0 Å². The van der Waals surface area contributed by atoms with Crippen LogP contribution in [0.1, 0.15) is 107 Å². The lowest BCUT2D eigenvalue weighted by molar-refractivity contribution is 0.170. The lowest BCUT2D eigenvalue weighted by atomic mass is 9.86. The van der Waals surface area contributed by atoms with Gasteiger partial charge in [-0.25, -0.2) is 0 Å². The Hall–Kier alpha value is -2.88. The third-order valence-corrected chi connectivity index (χ3v) is 7.99. The van der Waals surface area contributed by atoms with E-state index in [2.05, 4.69) is 124 Å². The molecule has 0 aliphatic carbocycles. The monoisotopic (exact) mass is 554 g/mol. The van der Waals surface area contributed by atoms with Crippen molar-refractivity contribution in [1.29, 1.82) is 0 Å². The number of ether oxygens (including phenoxy) is 1. The standard InChI is InChI=1S/C38H54N2O/c1-31(2)40(32(3)4)28-26-36(35-22-16-12-17-23-35)37-29-33(19-13-9-7-5-6-8-10-18-27-39)24-25-38(37)41-30-34-20-14-11-15-21-34/h11-17,19-25,29,31-32,36H,5-10,18,26-28,30,39H2,1-4H3/b19-13+/t36-/m1/s1. The summed E-state index contributed by atoms with van der Waals surface area (Å²) in [5, 5.41) is 0. The Morgan fingerprint density at radius 3 is 2.05 bits per heavy atom. The minimum atomic E-state index is 0.254. The molecule has 3 aromatic rings. The maximum absolute atomic E-state index is 6.53. The summed E-state index contributed by atoms with van der Waals surface area (Å²) in [7, 11) is 0. The molecule has 2 N–H and O–H groups in total. The molecule has 3 rings (SSSR count). The first-order valence-corrected chi connectivity index (χ1v) is 16.0. The van der Waals surface area contributed by atoms with Crippen molar-refractivity contribution < 1.29 is 4.74 Å². The van der Waals surface area contributed by atoms with Crippen LogP contribution in [0.5, 0.6) is 5.75 Å². The molecule has 0 amide bonds. The van der Waals surface area contributed by atoms with E-state index in [4.69, 9.17) is 10.5 Å². The van der Waals surface area contributed by atoms with Crippen molar-refractivity contribution in [3.63, 3.8) is 0 Å². The van der Waals surface area contributed by atoms with Crippen molar-refractivity contribution in [2.24, 2.45) is 5.73 Å². The van der Waals surface area contributed by atoms with E-state index in [1.54, 1.807) is 0 Å². The molecule has 0 saturated carbocycles. The van der Waals surface area contributed by atoms with E-state index in [1.165, 1.54) is 54.4 Å². The molecule has 3 nitrogen and oxygen atoms in total. The van der Waals surface area contributed by atoms with Gasteiger partial charge < -0.3 is 10.5 Å². The Kier molecular flexibility index (Phi) is 14.7. The van der Waals surface area contributed by atoms with E-state index in [9.17, 15) is 0 Å². The van der Waals surface area contributed by atoms with Crippen molar-refractivity contribution in [1.82, 2.24) is 4.90 Å². The number of hydrogen-bond acceptors (Lipinski definition) is 3. The second-order valence-corrected chi connectivity index (χ2v) is 11.8. The van der Waals surface area contributed by atoms with Gasteiger partial charge in [-0.05, 0) is 95.3 Å². The molecule has 41 heavy (non-hydrogen) atoms. The van der Waals surface area contributed by atoms with E-state index in [0.717, 1.165) is 38.1 Å². The van der Waals surface area contributed by atoms with Gasteiger partial charge >= 0.3 is 0 Å². The van der Waals surface area contributed by atoms with Gasteiger partial charge in [-0.1, -0.05) is 105 Å². The summed E-state index contributed by atoms with van der Waals surface area (Å²) in [6, 6.07) is 29.2. The van der Waals surface area contributed by atoms with Crippen LogP contribution in [0.4, 0.5) is 0 Å². The lowest BCUT2D eigenvalue weighted by Crippen LogP contribution is -2.38. The molecule has 3 heteroatoms. The molecule has 0 fully saturated rings. The number of nitrogens with zero attached hydrogens (tertiary/aromatic N) is 1. The highest BCUT2D eigenvalue weighted by atomic mass is 16.5. The Bertz CT molecular complexity index is 1120. The predicted molar refractivity (Wildman–Crippen MR) is 178 cm³/mol. The van der Waals surface area contributed by atoms with E-state index in [0.29, 0.717) is 18.7 Å². The quantitative estimate of drug-likeness (QED) is 0.150. The van der Waals surface area contributed by atoms with Crippen LogP contribution in [0.2, 0.25) is 0 Å². The van der Waals surface area contributed by atoms with E-state index >= 15 is 0 Å². The summed E-state index contributed by atoms with van der Waals surface area (Å²) in [6.45, 7) is 11.6. The number of unbranched alkanes of at least 4 members (excludes halogenated alkanes) is 6. The highest BCUT2D eigenvalue weighted by molar-refractivity contribution is 5.55. The SMILES string of the molecule is CC(C)N(CC[C@H](c1ccccc1)c1cc(/C=C/CCCCCCCCN)ccc1OCc1ccccc1)C(C)C. The summed E-state index contributed by atoms with van der Waals surface area (Å²) in [4.78, 5) is 2.60. The third-order valence-electron chi connectivity index (χ3n) is 7.99. The summed E-state index contributed by atoms with van der Waals surface area (Å²) in [5.41, 5.74) is 10.7. The first kappa shape index (κ1) is 32.6. The highest BCUT2D eigenvalue weighted by Crippen LogP contribution is 2.36. The van der Waals surface area contributed by atoms with Crippen LogP contribution in [0.15, 0.2) is 84.9 Å². The molecule has 0 aliphatic heterocycles. The third kappa shape index (κ3) is 11.5. The van der Waals surface area contributed by atoms with Gasteiger partial charge in [0.2, 0.25) is 0 Å². The van der Waals surface area contributed by atoms with Crippen LogP contribution < -0.4 is 10.5 Å².